The van der Waals surface area contributed by atoms with E-state index in [1.807, 2.05) is 30.5 Å². The number of H-pyrrole nitrogens is 1. The van der Waals surface area contributed by atoms with Crippen molar-refractivity contribution in [1.82, 2.24) is 10.3 Å². The lowest BCUT2D eigenvalue weighted by atomic mass is 10.1. The standard InChI is InChI=1S/C13H15N3/c1-2-7-15-13(8-14)11-9-16-12-6-4-3-5-10(11)12/h3-6,9,13,15-16H,2,7H2,1H3. The maximum absolute atomic E-state index is 9.16. The fourth-order valence-electron chi connectivity index (χ4n) is 1.85. The van der Waals surface area contributed by atoms with Gasteiger partial charge in [0.1, 0.15) is 6.04 Å². The van der Waals surface area contributed by atoms with Crippen molar-refractivity contribution in [3.05, 3.63) is 36.0 Å². The highest BCUT2D eigenvalue weighted by Crippen LogP contribution is 2.23. The van der Waals surface area contributed by atoms with E-state index < -0.39 is 0 Å². The van der Waals surface area contributed by atoms with Gasteiger partial charge in [0.15, 0.2) is 0 Å². The van der Waals surface area contributed by atoms with Gasteiger partial charge in [0.05, 0.1) is 6.07 Å². The van der Waals surface area contributed by atoms with Crippen LogP contribution in [0.4, 0.5) is 0 Å². The zero-order chi connectivity index (χ0) is 11.4. The molecule has 2 aromatic rings. The molecule has 3 nitrogen and oxygen atoms in total. The van der Waals surface area contributed by atoms with Crippen molar-refractivity contribution in [2.24, 2.45) is 0 Å². The smallest absolute Gasteiger partial charge is 0.123 e. The normalized spacial score (nSPS) is 12.5. The van der Waals surface area contributed by atoms with Crippen molar-refractivity contribution in [3.63, 3.8) is 0 Å². The topological polar surface area (TPSA) is 51.6 Å². The molecule has 82 valence electrons. The Kier molecular flexibility index (Phi) is 3.23. The van der Waals surface area contributed by atoms with Crippen LogP contribution < -0.4 is 5.32 Å². The van der Waals surface area contributed by atoms with Crippen LogP contribution in [-0.4, -0.2) is 11.5 Å². The average Bonchev–Trinajstić information content (AvgIpc) is 2.75. The Morgan fingerprint density at radius 2 is 2.25 bits per heavy atom. The first-order chi connectivity index (χ1) is 7.86. The fraction of sp³-hybridized carbons (Fsp3) is 0.308. The van der Waals surface area contributed by atoms with Gasteiger partial charge < -0.3 is 4.98 Å². The quantitative estimate of drug-likeness (QED) is 0.820. The van der Waals surface area contributed by atoms with Crippen molar-refractivity contribution in [2.75, 3.05) is 6.54 Å². The van der Waals surface area contributed by atoms with E-state index in [4.69, 9.17) is 5.26 Å². The number of hydrogen-bond donors (Lipinski definition) is 2. The van der Waals surface area contributed by atoms with Gasteiger partial charge in [-0.05, 0) is 19.0 Å². The average molecular weight is 213 g/mol. The minimum atomic E-state index is -0.226. The summed E-state index contributed by atoms with van der Waals surface area (Å²) < 4.78 is 0. The SMILES string of the molecule is CCCNC(C#N)c1c[nH]c2ccccc12. The number of aromatic nitrogens is 1. The summed E-state index contributed by atoms with van der Waals surface area (Å²) in [6, 6.07) is 10.1. The zero-order valence-electron chi connectivity index (χ0n) is 9.33. The molecule has 0 saturated carbocycles. The molecule has 2 N–H and O–H groups in total. The van der Waals surface area contributed by atoms with Gasteiger partial charge in [0.2, 0.25) is 0 Å². The maximum Gasteiger partial charge on any atom is 0.123 e. The Balaban J connectivity index is 2.34. The third-order valence-corrected chi connectivity index (χ3v) is 2.66. The lowest BCUT2D eigenvalue weighted by Gasteiger charge is -2.09. The molecule has 1 heterocycles. The highest BCUT2D eigenvalue weighted by atomic mass is 14.9. The molecule has 1 aromatic heterocycles. The van der Waals surface area contributed by atoms with Crippen molar-refractivity contribution in [1.29, 1.82) is 5.26 Å². The molecule has 0 aliphatic heterocycles. The van der Waals surface area contributed by atoms with Gasteiger partial charge in [-0.1, -0.05) is 25.1 Å². The van der Waals surface area contributed by atoms with Gasteiger partial charge in [-0.15, -0.1) is 0 Å². The number of benzene rings is 1. The van der Waals surface area contributed by atoms with Gasteiger partial charge in [-0.3, -0.25) is 5.32 Å². The molecule has 1 aromatic carbocycles. The van der Waals surface area contributed by atoms with Crippen LogP contribution in [0.3, 0.4) is 0 Å². The number of nitrogens with one attached hydrogen (secondary N) is 2. The Labute approximate surface area is 95.1 Å². The van der Waals surface area contributed by atoms with Crippen LogP contribution in [0, 0.1) is 11.3 Å². The fourth-order valence-corrected chi connectivity index (χ4v) is 1.85. The molecule has 0 aliphatic rings. The lowest BCUT2D eigenvalue weighted by molar-refractivity contribution is 0.624. The molecule has 1 atom stereocenters. The maximum atomic E-state index is 9.16. The first-order valence-corrected chi connectivity index (χ1v) is 5.55. The molecule has 0 fully saturated rings. The number of hydrogen-bond acceptors (Lipinski definition) is 2. The summed E-state index contributed by atoms with van der Waals surface area (Å²) >= 11 is 0. The van der Waals surface area contributed by atoms with Crippen molar-refractivity contribution in [2.45, 2.75) is 19.4 Å². The summed E-state index contributed by atoms with van der Waals surface area (Å²) in [5.74, 6) is 0. The van der Waals surface area contributed by atoms with E-state index in [1.165, 1.54) is 0 Å². The number of nitrogens with zero attached hydrogens (tertiary/aromatic N) is 1. The van der Waals surface area contributed by atoms with E-state index in [2.05, 4.69) is 23.3 Å². The summed E-state index contributed by atoms with van der Waals surface area (Å²) in [6.45, 7) is 2.95. The molecule has 2 rings (SSSR count). The van der Waals surface area contributed by atoms with Crippen LogP contribution in [0.15, 0.2) is 30.5 Å². The van der Waals surface area contributed by atoms with Crippen molar-refractivity contribution in [3.8, 4) is 6.07 Å². The molecular formula is C13H15N3. The number of fused-ring (bicyclic) bond motifs is 1. The van der Waals surface area contributed by atoms with Gasteiger partial charge in [0.25, 0.3) is 0 Å². The van der Waals surface area contributed by atoms with E-state index in [9.17, 15) is 0 Å². The number of para-hydroxylation sites is 1. The van der Waals surface area contributed by atoms with Gasteiger partial charge in [0, 0.05) is 22.7 Å². The Bertz CT molecular complexity index is 507. The third kappa shape index (κ3) is 1.93. The Hall–Kier alpha value is -1.79. The predicted octanol–water partition coefficient (Wildman–Crippen LogP) is 2.73. The van der Waals surface area contributed by atoms with Crippen LogP contribution in [0.2, 0.25) is 0 Å². The van der Waals surface area contributed by atoms with E-state index >= 15 is 0 Å². The third-order valence-electron chi connectivity index (χ3n) is 2.66. The molecule has 0 aliphatic carbocycles. The first-order valence-electron chi connectivity index (χ1n) is 5.55. The molecule has 16 heavy (non-hydrogen) atoms. The van der Waals surface area contributed by atoms with E-state index in [1.54, 1.807) is 0 Å². The second-order valence-corrected chi connectivity index (χ2v) is 3.81. The summed E-state index contributed by atoms with van der Waals surface area (Å²) in [5, 5.41) is 13.5. The molecule has 0 amide bonds. The Morgan fingerprint density at radius 1 is 1.44 bits per heavy atom. The molecule has 3 heteroatoms. The zero-order valence-corrected chi connectivity index (χ0v) is 9.33. The number of aromatic amines is 1. The van der Waals surface area contributed by atoms with E-state index in [-0.39, 0.29) is 6.04 Å². The molecule has 1 unspecified atom stereocenters. The van der Waals surface area contributed by atoms with Crippen molar-refractivity contribution >= 4 is 10.9 Å². The number of rotatable bonds is 4. The van der Waals surface area contributed by atoms with Gasteiger partial charge in [-0.25, -0.2) is 0 Å². The van der Waals surface area contributed by atoms with Crippen LogP contribution >= 0.6 is 0 Å². The van der Waals surface area contributed by atoms with Gasteiger partial charge in [-0.2, -0.15) is 5.26 Å². The van der Waals surface area contributed by atoms with Gasteiger partial charge >= 0.3 is 0 Å². The minimum absolute atomic E-state index is 0.226. The highest BCUT2D eigenvalue weighted by Gasteiger charge is 2.13. The Morgan fingerprint density at radius 3 is 3.00 bits per heavy atom. The molecule has 0 spiro atoms. The number of nitriles is 1. The lowest BCUT2D eigenvalue weighted by Crippen LogP contribution is -2.20. The van der Waals surface area contributed by atoms with Crippen LogP contribution in [0.1, 0.15) is 24.9 Å². The largest absolute Gasteiger partial charge is 0.361 e. The highest BCUT2D eigenvalue weighted by molar-refractivity contribution is 5.83. The van der Waals surface area contributed by atoms with Crippen LogP contribution in [0.5, 0.6) is 0 Å². The summed E-state index contributed by atoms with van der Waals surface area (Å²) in [7, 11) is 0. The second kappa shape index (κ2) is 4.82. The molecular weight excluding hydrogens is 198 g/mol. The van der Waals surface area contributed by atoms with E-state index in [0.29, 0.717) is 0 Å². The second-order valence-electron chi connectivity index (χ2n) is 3.81. The van der Waals surface area contributed by atoms with Crippen LogP contribution in [0.25, 0.3) is 10.9 Å². The summed E-state index contributed by atoms with van der Waals surface area (Å²) in [4.78, 5) is 3.19. The summed E-state index contributed by atoms with van der Waals surface area (Å²) in [5.41, 5.74) is 2.11. The summed E-state index contributed by atoms with van der Waals surface area (Å²) in [6.07, 6.45) is 2.95. The van der Waals surface area contributed by atoms with Crippen molar-refractivity contribution < 1.29 is 0 Å². The predicted molar refractivity (Wildman–Crippen MR) is 64.9 cm³/mol. The van der Waals surface area contributed by atoms with E-state index in [0.717, 1.165) is 29.4 Å². The molecule has 0 saturated heterocycles. The first kappa shape index (κ1) is 10.7. The van der Waals surface area contributed by atoms with Crippen LogP contribution in [-0.2, 0) is 0 Å². The minimum Gasteiger partial charge on any atom is -0.361 e. The molecule has 0 radical (unpaired) electrons. The monoisotopic (exact) mass is 213 g/mol. The molecule has 0 bridgehead atoms.